The van der Waals surface area contributed by atoms with E-state index in [2.05, 4.69) is 44.6 Å². The summed E-state index contributed by atoms with van der Waals surface area (Å²) in [5, 5.41) is 0. The molecule has 1 aromatic rings. The Bertz CT molecular complexity index is 592. The molecule has 0 radical (unpaired) electrons. The fourth-order valence-corrected chi connectivity index (χ4v) is 4.62. The molecule has 0 N–H and O–H groups in total. The summed E-state index contributed by atoms with van der Waals surface area (Å²) in [5.74, 6) is 2.87. The molecule has 3 aliphatic rings. The van der Waals surface area contributed by atoms with Crippen LogP contribution in [0.2, 0.25) is 0 Å². The maximum atomic E-state index is 5.87. The second-order valence-electron chi connectivity index (χ2n) is 8.24. The van der Waals surface area contributed by atoms with Gasteiger partial charge in [0.15, 0.2) is 0 Å². The van der Waals surface area contributed by atoms with Crippen molar-refractivity contribution >= 4 is 11.6 Å². The predicted octanol–water partition coefficient (Wildman–Crippen LogP) is 1.64. The van der Waals surface area contributed by atoms with E-state index >= 15 is 0 Å². The summed E-state index contributed by atoms with van der Waals surface area (Å²) in [7, 11) is 0. The van der Waals surface area contributed by atoms with E-state index in [-0.39, 0.29) is 0 Å². The molecule has 0 spiro atoms. The summed E-state index contributed by atoms with van der Waals surface area (Å²) in [4.78, 5) is 16.3. The molecule has 27 heavy (non-hydrogen) atoms. The van der Waals surface area contributed by atoms with Crippen LogP contribution in [0.25, 0.3) is 0 Å². The lowest BCUT2D eigenvalue weighted by Gasteiger charge is -2.39. The number of rotatable bonds is 4. The van der Waals surface area contributed by atoms with Crippen LogP contribution >= 0.6 is 0 Å². The molecule has 2 unspecified atom stereocenters. The van der Waals surface area contributed by atoms with Crippen molar-refractivity contribution in [3.05, 3.63) is 12.4 Å². The Morgan fingerprint density at radius 3 is 2.15 bits per heavy atom. The number of hydrogen-bond donors (Lipinski definition) is 0. The highest BCUT2D eigenvalue weighted by molar-refractivity contribution is 5.50. The summed E-state index contributed by atoms with van der Waals surface area (Å²) in [6, 6.07) is 2.15. The standard InChI is InChI=1S/C20H33N5O2/c1-16-12-23(13-17(2)27-16)14-18-3-5-24(6-4-18)19-11-20(22-15-21-19)25-7-9-26-10-8-25/h11,15-18H,3-10,12-14H2,1-2H3. The number of hydrogen-bond acceptors (Lipinski definition) is 7. The summed E-state index contributed by atoms with van der Waals surface area (Å²) < 4.78 is 11.3. The fraction of sp³-hybridized carbons (Fsp3) is 0.800. The second-order valence-corrected chi connectivity index (χ2v) is 8.24. The first-order chi connectivity index (χ1) is 13.2. The molecule has 3 fully saturated rings. The van der Waals surface area contributed by atoms with E-state index in [9.17, 15) is 0 Å². The Labute approximate surface area is 162 Å². The number of piperidine rings is 1. The first-order valence-electron chi connectivity index (χ1n) is 10.4. The Kier molecular flexibility index (Phi) is 6.10. The van der Waals surface area contributed by atoms with Crippen LogP contribution < -0.4 is 9.80 Å². The van der Waals surface area contributed by atoms with Gasteiger partial charge in [0, 0.05) is 51.9 Å². The van der Waals surface area contributed by atoms with Crippen molar-refractivity contribution in [1.29, 1.82) is 0 Å². The highest BCUT2D eigenvalue weighted by Crippen LogP contribution is 2.25. The first kappa shape index (κ1) is 18.9. The summed E-state index contributed by atoms with van der Waals surface area (Å²) in [6.45, 7) is 13.3. The van der Waals surface area contributed by atoms with Crippen LogP contribution in [0.1, 0.15) is 26.7 Å². The van der Waals surface area contributed by atoms with Gasteiger partial charge in [0.2, 0.25) is 0 Å². The van der Waals surface area contributed by atoms with E-state index in [1.807, 2.05) is 0 Å². The van der Waals surface area contributed by atoms with Crippen molar-refractivity contribution in [3.8, 4) is 0 Å². The normalized spacial score (nSPS) is 28.5. The van der Waals surface area contributed by atoms with Gasteiger partial charge < -0.3 is 19.3 Å². The third-order valence-corrected chi connectivity index (χ3v) is 5.92. The van der Waals surface area contributed by atoms with Crippen LogP contribution in [0.4, 0.5) is 11.6 Å². The molecule has 7 nitrogen and oxygen atoms in total. The molecular formula is C20H33N5O2. The third kappa shape index (κ3) is 4.89. The lowest BCUT2D eigenvalue weighted by molar-refractivity contribution is -0.0720. The average molecular weight is 376 g/mol. The number of morpholine rings is 2. The molecule has 4 heterocycles. The molecule has 7 heteroatoms. The monoisotopic (exact) mass is 375 g/mol. The van der Waals surface area contributed by atoms with Gasteiger partial charge in [0.25, 0.3) is 0 Å². The minimum Gasteiger partial charge on any atom is -0.378 e. The topological polar surface area (TPSA) is 54.0 Å². The molecule has 0 aromatic carbocycles. The maximum Gasteiger partial charge on any atom is 0.134 e. The van der Waals surface area contributed by atoms with Crippen molar-refractivity contribution in [1.82, 2.24) is 14.9 Å². The summed E-state index contributed by atoms with van der Waals surface area (Å²) >= 11 is 0. The lowest BCUT2D eigenvalue weighted by atomic mass is 9.95. The van der Waals surface area contributed by atoms with E-state index in [1.54, 1.807) is 6.33 Å². The summed E-state index contributed by atoms with van der Waals surface area (Å²) in [5.41, 5.74) is 0. The zero-order chi connectivity index (χ0) is 18.6. The van der Waals surface area contributed by atoms with E-state index < -0.39 is 0 Å². The van der Waals surface area contributed by atoms with Gasteiger partial charge in [-0.15, -0.1) is 0 Å². The minimum absolute atomic E-state index is 0.355. The van der Waals surface area contributed by atoms with E-state index in [1.165, 1.54) is 19.4 Å². The van der Waals surface area contributed by atoms with Crippen LogP contribution in [0.5, 0.6) is 0 Å². The van der Waals surface area contributed by atoms with Crippen molar-refractivity contribution in [3.63, 3.8) is 0 Å². The van der Waals surface area contributed by atoms with Crippen molar-refractivity contribution in [2.24, 2.45) is 5.92 Å². The molecule has 0 saturated carbocycles. The highest BCUT2D eigenvalue weighted by Gasteiger charge is 2.27. The number of nitrogens with zero attached hydrogens (tertiary/aromatic N) is 5. The van der Waals surface area contributed by atoms with Gasteiger partial charge in [-0.3, -0.25) is 4.90 Å². The summed E-state index contributed by atoms with van der Waals surface area (Å²) in [6.07, 6.45) is 4.89. The molecule has 150 valence electrons. The number of aromatic nitrogens is 2. The predicted molar refractivity (Wildman–Crippen MR) is 106 cm³/mol. The molecule has 2 atom stereocenters. The van der Waals surface area contributed by atoms with Gasteiger partial charge in [0.1, 0.15) is 18.0 Å². The van der Waals surface area contributed by atoms with E-state index in [0.717, 1.165) is 70.0 Å². The lowest BCUT2D eigenvalue weighted by Crippen LogP contribution is -2.48. The maximum absolute atomic E-state index is 5.87. The van der Waals surface area contributed by atoms with Crippen LogP contribution in [0.15, 0.2) is 12.4 Å². The van der Waals surface area contributed by atoms with Gasteiger partial charge in [0.05, 0.1) is 25.4 Å². The molecule has 3 aliphatic heterocycles. The fourth-order valence-electron chi connectivity index (χ4n) is 4.62. The van der Waals surface area contributed by atoms with Crippen LogP contribution in [-0.2, 0) is 9.47 Å². The average Bonchev–Trinajstić information content (AvgIpc) is 2.69. The van der Waals surface area contributed by atoms with Crippen LogP contribution in [0, 0.1) is 5.92 Å². The number of ether oxygens (including phenoxy) is 2. The second kappa shape index (κ2) is 8.71. The smallest absolute Gasteiger partial charge is 0.134 e. The molecule has 0 aliphatic carbocycles. The highest BCUT2D eigenvalue weighted by atomic mass is 16.5. The quantitative estimate of drug-likeness (QED) is 0.793. The van der Waals surface area contributed by atoms with Crippen molar-refractivity contribution < 1.29 is 9.47 Å². The first-order valence-corrected chi connectivity index (χ1v) is 10.4. The zero-order valence-corrected chi connectivity index (χ0v) is 16.7. The van der Waals surface area contributed by atoms with Gasteiger partial charge in [-0.25, -0.2) is 9.97 Å². The molecule has 0 amide bonds. The Balaban J connectivity index is 1.30. The molecule has 4 rings (SSSR count). The Morgan fingerprint density at radius 2 is 1.52 bits per heavy atom. The van der Waals surface area contributed by atoms with Gasteiger partial charge in [-0.05, 0) is 32.6 Å². The van der Waals surface area contributed by atoms with Crippen LogP contribution in [-0.4, -0.2) is 86.1 Å². The van der Waals surface area contributed by atoms with Gasteiger partial charge in [-0.1, -0.05) is 0 Å². The minimum atomic E-state index is 0.355. The molecule has 3 saturated heterocycles. The Morgan fingerprint density at radius 1 is 0.926 bits per heavy atom. The largest absolute Gasteiger partial charge is 0.378 e. The van der Waals surface area contributed by atoms with Crippen LogP contribution in [0.3, 0.4) is 0 Å². The SMILES string of the molecule is CC1CN(CC2CCN(c3cc(N4CCOCC4)ncn3)CC2)CC(C)O1. The molecular weight excluding hydrogens is 342 g/mol. The molecule has 0 bridgehead atoms. The van der Waals surface area contributed by atoms with Crippen molar-refractivity contribution in [2.45, 2.75) is 38.9 Å². The van der Waals surface area contributed by atoms with Gasteiger partial charge in [-0.2, -0.15) is 0 Å². The zero-order valence-electron chi connectivity index (χ0n) is 16.7. The Hall–Kier alpha value is -1.44. The van der Waals surface area contributed by atoms with Gasteiger partial charge >= 0.3 is 0 Å². The molecule has 1 aromatic heterocycles. The van der Waals surface area contributed by atoms with E-state index in [0.29, 0.717) is 12.2 Å². The van der Waals surface area contributed by atoms with Crippen molar-refractivity contribution in [2.75, 3.05) is 68.8 Å². The third-order valence-electron chi connectivity index (χ3n) is 5.92. The van der Waals surface area contributed by atoms with E-state index in [4.69, 9.17) is 9.47 Å². The number of anilines is 2.